The van der Waals surface area contributed by atoms with Crippen molar-refractivity contribution in [3.8, 4) is 0 Å². The Morgan fingerprint density at radius 3 is 2.27 bits per heavy atom. The average Bonchev–Trinajstić information content (AvgIpc) is 2.75. The molecule has 1 aromatic carbocycles. The number of nitrogens with one attached hydrogen (secondary N) is 1. The molecule has 0 radical (unpaired) electrons. The molecule has 1 aliphatic rings. The molecule has 0 bridgehead atoms. The Balaban J connectivity index is 0.000000541. The fraction of sp³-hybridized carbons (Fsp3) is 0.231. The molecule has 3 amide bonds. The van der Waals surface area contributed by atoms with Crippen LogP contribution in [0.4, 0.5) is 10.5 Å². The summed E-state index contributed by atoms with van der Waals surface area (Å²) in [6.45, 7) is 0.961. The number of carboxylic acids is 1. The zero-order valence-corrected chi connectivity index (χ0v) is 12.5. The quantitative estimate of drug-likeness (QED) is 0.729. The van der Waals surface area contributed by atoms with Crippen molar-refractivity contribution < 1.29 is 24.3 Å². The molecule has 2 rings (SSSR count). The van der Waals surface area contributed by atoms with E-state index in [0.29, 0.717) is 5.69 Å². The van der Waals surface area contributed by atoms with E-state index in [4.69, 9.17) is 15.6 Å². The van der Waals surface area contributed by atoms with E-state index in [1.165, 1.54) is 4.90 Å². The lowest BCUT2D eigenvalue weighted by Crippen LogP contribution is -2.44. The number of rotatable bonds is 4. The first-order valence-corrected chi connectivity index (χ1v) is 7.00. The number of carbonyl (C=O) groups is 4. The normalized spacial score (nSPS) is 16.3. The third-order valence-corrected chi connectivity index (χ3v) is 3.37. The summed E-state index contributed by atoms with van der Waals surface area (Å²) in [6, 6.07) is 8.88. The van der Waals surface area contributed by atoms with E-state index in [2.05, 4.69) is 5.32 Å². The molecule has 0 aromatic heterocycles. The standard InChI is InChI=1S/C11H11N3O3S.C2H4O2/c12-8(15)6-14(7-4-2-1-3-5-7)10-9(16)13-11(17)18-10;1-2(3)4/h1-5,10H,6H2,(H2,12,15)(H,13,16,17);1H3,(H,3,4). The fourth-order valence-electron chi connectivity index (χ4n) is 1.65. The maximum absolute atomic E-state index is 11.6. The minimum absolute atomic E-state index is 0.123. The van der Waals surface area contributed by atoms with Crippen molar-refractivity contribution in [2.45, 2.75) is 12.3 Å². The van der Waals surface area contributed by atoms with Crippen LogP contribution in [-0.2, 0) is 14.4 Å². The SMILES string of the molecule is CC(=O)O.NC(=O)CN(c1ccccc1)C1SC(=O)NC1=O. The van der Waals surface area contributed by atoms with Gasteiger partial charge in [0.05, 0.1) is 6.54 Å². The number of thioether (sulfide) groups is 1. The van der Waals surface area contributed by atoms with Gasteiger partial charge in [0.15, 0.2) is 5.37 Å². The van der Waals surface area contributed by atoms with Crippen LogP contribution in [-0.4, -0.2) is 40.0 Å². The third kappa shape index (κ3) is 5.44. The summed E-state index contributed by atoms with van der Waals surface area (Å²) >= 11 is 0.837. The number of hydrogen-bond donors (Lipinski definition) is 3. The van der Waals surface area contributed by atoms with Crippen molar-refractivity contribution in [2.75, 3.05) is 11.4 Å². The van der Waals surface area contributed by atoms with Gasteiger partial charge in [-0.3, -0.25) is 24.5 Å². The molecular formula is C13H15N3O5S. The second-order valence-electron chi connectivity index (χ2n) is 4.20. The molecule has 1 fully saturated rings. The van der Waals surface area contributed by atoms with Crippen molar-refractivity contribution in [3.63, 3.8) is 0 Å². The van der Waals surface area contributed by atoms with Gasteiger partial charge in [-0.25, -0.2) is 0 Å². The van der Waals surface area contributed by atoms with Gasteiger partial charge in [-0.15, -0.1) is 0 Å². The largest absolute Gasteiger partial charge is 0.481 e. The first kappa shape index (κ1) is 17.5. The van der Waals surface area contributed by atoms with Crippen LogP contribution < -0.4 is 16.0 Å². The van der Waals surface area contributed by atoms with Crippen LogP contribution >= 0.6 is 11.8 Å². The molecule has 118 valence electrons. The van der Waals surface area contributed by atoms with E-state index < -0.39 is 28.4 Å². The van der Waals surface area contributed by atoms with E-state index in [0.717, 1.165) is 18.7 Å². The number of nitrogens with two attached hydrogens (primary N) is 1. The summed E-state index contributed by atoms with van der Waals surface area (Å²) in [7, 11) is 0. The Bertz CT molecular complexity index is 574. The molecule has 1 saturated heterocycles. The molecule has 8 nitrogen and oxygen atoms in total. The number of hydrogen-bond acceptors (Lipinski definition) is 6. The van der Waals surface area contributed by atoms with Gasteiger partial charge in [0.2, 0.25) is 5.91 Å². The number of aliphatic carboxylic acids is 1. The first-order valence-electron chi connectivity index (χ1n) is 6.12. The van der Waals surface area contributed by atoms with Crippen LogP contribution in [0.25, 0.3) is 0 Å². The maximum Gasteiger partial charge on any atom is 0.300 e. The summed E-state index contributed by atoms with van der Waals surface area (Å²) in [5.41, 5.74) is 5.84. The zero-order valence-electron chi connectivity index (χ0n) is 11.7. The molecule has 0 aliphatic carbocycles. The summed E-state index contributed by atoms with van der Waals surface area (Å²) < 4.78 is 0. The summed E-state index contributed by atoms with van der Waals surface area (Å²) in [5, 5.41) is 8.42. The second kappa shape index (κ2) is 8.03. The van der Waals surface area contributed by atoms with Crippen LogP contribution in [0.15, 0.2) is 30.3 Å². The molecule has 1 unspecified atom stereocenters. The minimum Gasteiger partial charge on any atom is -0.481 e. The lowest BCUT2D eigenvalue weighted by atomic mass is 10.2. The van der Waals surface area contributed by atoms with Gasteiger partial charge in [-0.05, 0) is 23.9 Å². The molecule has 1 heterocycles. The number of carbonyl (C=O) groups excluding carboxylic acids is 3. The zero-order chi connectivity index (χ0) is 16.7. The van der Waals surface area contributed by atoms with E-state index in [9.17, 15) is 14.4 Å². The van der Waals surface area contributed by atoms with Crippen molar-refractivity contribution >= 4 is 40.5 Å². The fourth-order valence-corrected chi connectivity index (χ4v) is 2.50. The van der Waals surface area contributed by atoms with Crippen molar-refractivity contribution in [3.05, 3.63) is 30.3 Å². The van der Waals surface area contributed by atoms with Crippen LogP contribution in [0.5, 0.6) is 0 Å². The van der Waals surface area contributed by atoms with Crippen LogP contribution in [0.1, 0.15) is 6.92 Å². The van der Waals surface area contributed by atoms with Gasteiger partial charge >= 0.3 is 0 Å². The van der Waals surface area contributed by atoms with Crippen molar-refractivity contribution in [2.24, 2.45) is 5.73 Å². The molecule has 1 aromatic rings. The molecule has 0 spiro atoms. The van der Waals surface area contributed by atoms with Gasteiger partial charge in [-0.2, -0.15) is 0 Å². The maximum atomic E-state index is 11.6. The average molecular weight is 325 g/mol. The Labute approximate surface area is 130 Å². The van der Waals surface area contributed by atoms with Crippen LogP contribution in [0.2, 0.25) is 0 Å². The van der Waals surface area contributed by atoms with Crippen molar-refractivity contribution in [1.82, 2.24) is 5.32 Å². The number of primary amides is 1. The van der Waals surface area contributed by atoms with Crippen LogP contribution in [0.3, 0.4) is 0 Å². The number of anilines is 1. The number of nitrogens with zero attached hydrogens (tertiary/aromatic N) is 1. The molecule has 1 aliphatic heterocycles. The number of carboxylic acid groups (broad SMARTS) is 1. The van der Waals surface area contributed by atoms with Crippen molar-refractivity contribution in [1.29, 1.82) is 0 Å². The highest BCUT2D eigenvalue weighted by Crippen LogP contribution is 2.27. The van der Waals surface area contributed by atoms with E-state index >= 15 is 0 Å². The Kier molecular flexibility index (Phi) is 6.39. The molecule has 1 atom stereocenters. The highest BCUT2D eigenvalue weighted by atomic mass is 32.2. The summed E-state index contributed by atoms with van der Waals surface area (Å²) in [5.74, 6) is -1.83. The molecule has 4 N–H and O–H groups in total. The number of benzene rings is 1. The monoisotopic (exact) mass is 325 g/mol. The lowest BCUT2D eigenvalue weighted by molar-refractivity contribution is -0.134. The van der Waals surface area contributed by atoms with E-state index in [-0.39, 0.29) is 6.54 Å². The highest BCUT2D eigenvalue weighted by Gasteiger charge is 2.37. The summed E-state index contributed by atoms with van der Waals surface area (Å²) in [6.07, 6.45) is 0. The van der Waals surface area contributed by atoms with Crippen LogP contribution in [0, 0.1) is 0 Å². The highest BCUT2D eigenvalue weighted by molar-refractivity contribution is 8.15. The molecule has 22 heavy (non-hydrogen) atoms. The number of imide groups is 1. The molecular weight excluding hydrogens is 310 g/mol. The second-order valence-corrected chi connectivity index (χ2v) is 5.25. The third-order valence-electron chi connectivity index (χ3n) is 2.37. The minimum atomic E-state index is -0.833. The Morgan fingerprint density at radius 2 is 1.86 bits per heavy atom. The Hall–Kier alpha value is -2.55. The topological polar surface area (TPSA) is 130 Å². The van der Waals surface area contributed by atoms with Gasteiger partial charge in [-0.1, -0.05) is 18.2 Å². The number of para-hydroxylation sites is 1. The van der Waals surface area contributed by atoms with Gasteiger partial charge < -0.3 is 15.7 Å². The smallest absolute Gasteiger partial charge is 0.300 e. The first-order chi connectivity index (χ1) is 10.3. The lowest BCUT2D eigenvalue weighted by Gasteiger charge is -2.26. The predicted molar refractivity (Wildman–Crippen MR) is 81.2 cm³/mol. The molecule has 9 heteroatoms. The number of amides is 3. The summed E-state index contributed by atoms with van der Waals surface area (Å²) in [4.78, 5) is 44.4. The predicted octanol–water partition coefficient (Wildman–Crippen LogP) is 0.378. The van der Waals surface area contributed by atoms with Gasteiger partial charge in [0.25, 0.3) is 17.1 Å². The van der Waals surface area contributed by atoms with Gasteiger partial charge in [0.1, 0.15) is 0 Å². The van der Waals surface area contributed by atoms with Gasteiger partial charge in [0, 0.05) is 12.6 Å². The van der Waals surface area contributed by atoms with E-state index in [1.54, 1.807) is 24.3 Å². The molecule has 0 saturated carbocycles. The Morgan fingerprint density at radius 1 is 1.32 bits per heavy atom. The van der Waals surface area contributed by atoms with E-state index in [1.807, 2.05) is 6.07 Å².